The van der Waals surface area contributed by atoms with E-state index < -0.39 is 0 Å². The van der Waals surface area contributed by atoms with Crippen molar-refractivity contribution in [1.29, 1.82) is 0 Å². The maximum Gasteiger partial charge on any atom is 0.272 e. The standard InChI is InChI=1S/C19H24N6O/c26-19(16-14-18(22-15-21-16)23-8-4-1-5-9-23)25-12-10-24(11-13-25)17-6-2-3-7-20-17/h2-3,6-7,14-15H,1,4-5,8-13H2. The van der Waals surface area contributed by atoms with Crippen molar-refractivity contribution in [2.75, 3.05) is 49.1 Å². The predicted molar refractivity (Wildman–Crippen MR) is 100 cm³/mol. The minimum Gasteiger partial charge on any atom is -0.357 e. The summed E-state index contributed by atoms with van der Waals surface area (Å²) in [4.78, 5) is 32.2. The van der Waals surface area contributed by atoms with Crippen LogP contribution in [0.5, 0.6) is 0 Å². The maximum atomic E-state index is 12.9. The zero-order valence-corrected chi connectivity index (χ0v) is 14.9. The molecule has 0 atom stereocenters. The number of piperazine rings is 1. The lowest BCUT2D eigenvalue weighted by Crippen LogP contribution is -2.49. The first-order valence-electron chi connectivity index (χ1n) is 9.33. The molecule has 4 heterocycles. The monoisotopic (exact) mass is 352 g/mol. The van der Waals surface area contributed by atoms with Gasteiger partial charge in [-0.1, -0.05) is 6.07 Å². The van der Waals surface area contributed by atoms with Crippen molar-refractivity contribution in [3.8, 4) is 0 Å². The first-order valence-corrected chi connectivity index (χ1v) is 9.33. The van der Waals surface area contributed by atoms with Crippen LogP contribution in [0.2, 0.25) is 0 Å². The molecule has 26 heavy (non-hydrogen) atoms. The van der Waals surface area contributed by atoms with Crippen LogP contribution >= 0.6 is 0 Å². The van der Waals surface area contributed by atoms with Crippen molar-refractivity contribution in [3.63, 3.8) is 0 Å². The van der Waals surface area contributed by atoms with Crippen LogP contribution in [-0.4, -0.2) is 65.0 Å². The summed E-state index contributed by atoms with van der Waals surface area (Å²) in [5.41, 5.74) is 0.492. The molecular weight excluding hydrogens is 328 g/mol. The molecule has 0 unspecified atom stereocenters. The number of pyridine rings is 1. The Morgan fingerprint density at radius 1 is 0.808 bits per heavy atom. The molecular formula is C19H24N6O. The van der Waals surface area contributed by atoms with E-state index in [4.69, 9.17) is 0 Å². The number of aromatic nitrogens is 3. The number of nitrogens with zero attached hydrogens (tertiary/aromatic N) is 6. The van der Waals surface area contributed by atoms with E-state index in [-0.39, 0.29) is 5.91 Å². The minimum atomic E-state index is -0.00803. The lowest BCUT2D eigenvalue weighted by atomic mass is 10.1. The molecule has 0 aliphatic carbocycles. The van der Waals surface area contributed by atoms with Crippen LogP contribution in [0.25, 0.3) is 0 Å². The Kier molecular flexibility index (Phi) is 4.95. The molecule has 2 fully saturated rings. The van der Waals surface area contributed by atoms with Gasteiger partial charge in [0.05, 0.1) is 0 Å². The van der Waals surface area contributed by atoms with E-state index in [0.29, 0.717) is 18.8 Å². The molecule has 0 N–H and O–H groups in total. The molecule has 4 rings (SSSR count). The lowest BCUT2D eigenvalue weighted by molar-refractivity contribution is 0.0740. The van der Waals surface area contributed by atoms with Gasteiger partial charge in [0, 0.05) is 51.5 Å². The average Bonchev–Trinajstić information content (AvgIpc) is 2.75. The summed E-state index contributed by atoms with van der Waals surface area (Å²) in [6.07, 6.45) is 6.95. The van der Waals surface area contributed by atoms with E-state index >= 15 is 0 Å². The summed E-state index contributed by atoms with van der Waals surface area (Å²) in [6.45, 7) is 4.94. The SMILES string of the molecule is O=C(c1cc(N2CCCCC2)ncn1)N1CCN(c2ccccn2)CC1. The Morgan fingerprint density at radius 2 is 1.58 bits per heavy atom. The molecule has 0 saturated carbocycles. The van der Waals surface area contributed by atoms with Gasteiger partial charge in [0.2, 0.25) is 0 Å². The summed E-state index contributed by atoms with van der Waals surface area (Å²) >= 11 is 0. The van der Waals surface area contributed by atoms with Crippen LogP contribution in [0.3, 0.4) is 0 Å². The molecule has 0 bridgehead atoms. The maximum absolute atomic E-state index is 12.9. The molecule has 0 spiro atoms. The van der Waals surface area contributed by atoms with Crippen LogP contribution in [0.4, 0.5) is 11.6 Å². The predicted octanol–water partition coefficient (Wildman–Crippen LogP) is 1.82. The molecule has 0 radical (unpaired) electrons. The second kappa shape index (κ2) is 7.68. The number of rotatable bonds is 3. The highest BCUT2D eigenvalue weighted by Gasteiger charge is 2.24. The quantitative estimate of drug-likeness (QED) is 0.840. The normalized spacial score (nSPS) is 18.1. The van der Waals surface area contributed by atoms with Gasteiger partial charge in [-0.15, -0.1) is 0 Å². The van der Waals surface area contributed by atoms with Gasteiger partial charge in [-0.2, -0.15) is 0 Å². The zero-order valence-electron chi connectivity index (χ0n) is 14.9. The van der Waals surface area contributed by atoms with E-state index in [1.54, 1.807) is 6.20 Å². The van der Waals surface area contributed by atoms with Gasteiger partial charge in [-0.05, 0) is 31.4 Å². The third kappa shape index (κ3) is 3.61. The molecule has 7 heteroatoms. The Labute approximate surface area is 153 Å². The van der Waals surface area contributed by atoms with Crippen LogP contribution in [0.1, 0.15) is 29.8 Å². The summed E-state index contributed by atoms with van der Waals surface area (Å²) in [5, 5.41) is 0. The molecule has 2 saturated heterocycles. The molecule has 2 aromatic heterocycles. The lowest BCUT2D eigenvalue weighted by Gasteiger charge is -2.35. The highest BCUT2D eigenvalue weighted by Crippen LogP contribution is 2.19. The zero-order chi connectivity index (χ0) is 17.8. The van der Waals surface area contributed by atoms with Crippen LogP contribution < -0.4 is 9.80 Å². The van der Waals surface area contributed by atoms with E-state index in [2.05, 4.69) is 24.8 Å². The fraction of sp³-hybridized carbons (Fsp3) is 0.474. The van der Waals surface area contributed by atoms with Gasteiger partial charge >= 0.3 is 0 Å². The number of anilines is 2. The van der Waals surface area contributed by atoms with Crippen molar-refractivity contribution in [1.82, 2.24) is 19.9 Å². The second-order valence-corrected chi connectivity index (χ2v) is 6.78. The van der Waals surface area contributed by atoms with Gasteiger partial charge in [0.15, 0.2) is 0 Å². The van der Waals surface area contributed by atoms with Gasteiger partial charge < -0.3 is 14.7 Å². The molecule has 1 amide bonds. The van der Waals surface area contributed by atoms with Crippen molar-refractivity contribution in [2.45, 2.75) is 19.3 Å². The van der Waals surface area contributed by atoms with E-state index in [1.165, 1.54) is 25.6 Å². The number of hydrogen-bond acceptors (Lipinski definition) is 6. The Bertz CT molecular complexity index is 739. The minimum absolute atomic E-state index is 0.00803. The third-order valence-corrected chi connectivity index (χ3v) is 5.09. The highest BCUT2D eigenvalue weighted by atomic mass is 16.2. The molecule has 136 valence electrons. The largest absolute Gasteiger partial charge is 0.357 e. The first kappa shape index (κ1) is 16.8. The summed E-state index contributed by atoms with van der Waals surface area (Å²) in [6, 6.07) is 7.76. The van der Waals surface area contributed by atoms with Gasteiger partial charge in [0.1, 0.15) is 23.7 Å². The molecule has 2 aliphatic heterocycles. The average molecular weight is 352 g/mol. The van der Waals surface area contributed by atoms with Gasteiger partial charge in [-0.25, -0.2) is 15.0 Å². The van der Waals surface area contributed by atoms with Crippen molar-refractivity contribution in [3.05, 3.63) is 42.5 Å². The number of hydrogen-bond donors (Lipinski definition) is 0. The van der Waals surface area contributed by atoms with Crippen LogP contribution in [-0.2, 0) is 0 Å². The fourth-order valence-electron chi connectivity index (χ4n) is 3.60. The molecule has 2 aromatic rings. The van der Waals surface area contributed by atoms with Crippen LogP contribution in [0.15, 0.2) is 36.8 Å². The highest BCUT2D eigenvalue weighted by molar-refractivity contribution is 5.93. The second-order valence-electron chi connectivity index (χ2n) is 6.78. The summed E-state index contributed by atoms with van der Waals surface area (Å²) < 4.78 is 0. The van der Waals surface area contributed by atoms with E-state index in [9.17, 15) is 4.79 Å². The number of amides is 1. The Balaban J connectivity index is 1.40. The summed E-state index contributed by atoms with van der Waals surface area (Å²) in [7, 11) is 0. The molecule has 0 aromatic carbocycles. The van der Waals surface area contributed by atoms with Gasteiger partial charge in [-0.3, -0.25) is 4.79 Å². The Morgan fingerprint density at radius 3 is 2.31 bits per heavy atom. The van der Waals surface area contributed by atoms with Crippen molar-refractivity contribution >= 4 is 17.5 Å². The fourth-order valence-corrected chi connectivity index (χ4v) is 3.60. The van der Waals surface area contributed by atoms with E-state index in [0.717, 1.165) is 37.8 Å². The van der Waals surface area contributed by atoms with E-state index in [1.807, 2.05) is 29.2 Å². The number of carbonyl (C=O) groups is 1. The van der Waals surface area contributed by atoms with Crippen molar-refractivity contribution in [2.24, 2.45) is 0 Å². The molecule has 2 aliphatic rings. The third-order valence-electron chi connectivity index (χ3n) is 5.09. The number of carbonyl (C=O) groups excluding carboxylic acids is 1. The van der Waals surface area contributed by atoms with Crippen molar-refractivity contribution < 1.29 is 4.79 Å². The smallest absolute Gasteiger partial charge is 0.272 e. The van der Waals surface area contributed by atoms with Gasteiger partial charge in [0.25, 0.3) is 5.91 Å². The summed E-state index contributed by atoms with van der Waals surface area (Å²) in [5.74, 6) is 1.83. The first-order chi connectivity index (χ1) is 12.8. The Hall–Kier alpha value is -2.70. The number of piperidine rings is 1. The molecule has 7 nitrogen and oxygen atoms in total. The topological polar surface area (TPSA) is 65.5 Å². The van der Waals surface area contributed by atoms with Crippen LogP contribution in [0, 0.1) is 0 Å².